The van der Waals surface area contributed by atoms with Crippen LogP contribution >= 0.6 is 0 Å². The smallest absolute Gasteiger partial charge is 0.319 e. The first kappa shape index (κ1) is 7.72. The fourth-order valence-corrected chi connectivity index (χ4v) is 1.05. The van der Waals surface area contributed by atoms with Crippen molar-refractivity contribution < 1.29 is 4.52 Å². The minimum Gasteiger partial charge on any atom is -0.351 e. The summed E-state index contributed by atoms with van der Waals surface area (Å²) in [4.78, 5) is 8.00. The Morgan fingerprint density at radius 1 is 1.46 bits per heavy atom. The van der Waals surface area contributed by atoms with Crippen molar-refractivity contribution in [1.29, 1.82) is 0 Å². The molecule has 0 radical (unpaired) electrons. The molecule has 0 fully saturated rings. The Morgan fingerprint density at radius 2 is 2.31 bits per heavy atom. The van der Waals surface area contributed by atoms with Crippen molar-refractivity contribution in [3.63, 3.8) is 0 Å². The Balaban J connectivity index is 2.52. The quantitative estimate of drug-likeness (QED) is 0.701. The maximum absolute atomic E-state index is 5.30. The van der Waals surface area contributed by atoms with Gasteiger partial charge in [-0.1, -0.05) is 11.2 Å². The average Bonchev–Trinajstić information content (AvgIpc) is 2.53. The minimum atomic E-state index is 0.0556. The predicted molar refractivity (Wildman–Crippen MR) is 46.7 cm³/mol. The standard InChI is InChI=1S/C8H8N4O/c1-5-3-2-4-10-6(5)7-11-8(9)13-12-7/h2-4H,1H3,(H2,9,11,12). The highest BCUT2D eigenvalue weighted by atomic mass is 16.5. The normalized spacial score (nSPS) is 10.2. The Labute approximate surface area is 74.6 Å². The summed E-state index contributed by atoms with van der Waals surface area (Å²) >= 11 is 0. The lowest BCUT2D eigenvalue weighted by Gasteiger charge is -1.96. The molecular weight excluding hydrogens is 168 g/mol. The number of rotatable bonds is 1. The number of nitrogens with zero attached hydrogens (tertiary/aromatic N) is 3. The van der Waals surface area contributed by atoms with E-state index in [1.54, 1.807) is 6.20 Å². The van der Waals surface area contributed by atoms with Gasteiger partial charge >= 0.3 is 6.01 Å². The van der Waals surface area contributed by atoms with Crippen LogP contribution in [0.1, 0.15) is 5.56 Å². The molecule has 5 heteroatoms. The van der Waals surface area contributed by atoms with Crippen molar-refractivity contribution >= 4 is 6.01 Å². The Hall–Kier alpha value is -1.91. The number of aryl methyl sites for hydroxylation is 1. The van der Waals surface area contributed by atoms with E-state index >= 15 is 0 Å². The molecule has 2 aromatic heterocycles. The second kappa shape index (κ2) is 2.85. The van der Waals surface area contributed by atoms with Gasteiger partial charge in [-0.25, -0.2) is 0 Å². The first-order chi connectivity index (χ1) is 6.27. The zero-order valence-corrected chi connectivity index (χ0v) is 7.06. The number of nitrogens with two attached hydrogens (primary N) is 1. The molecule has 0 unspecified atom stereocenters. The maximum Gasteiger partial charge on any atom is 0.319 e. The van der Waals surface area contributed by atoms with Gasteiger partial charge in [0.1, 0.15) is 5.69 Å². The van der Waals surface area contributed by atoms with Gasteiger partial charge in [0, 0.05) is 6.20 Å². The summed E-state index contributed by atoms with van der Waals surface area (Å²) in [6.45, 7) is 1.93. The van der Waals surface area contributed by atoms with Crippen LogP contribution in [0.25, 0.3) is 11.5 Å². The van der Waals surface area contributed by atoms with Crippen LogP contribution in [0.4, 0.5) is 6.01 Å². The van der Waals surface area contributed by atoms with Crippen molar-refractivity contribution in [3.05, 3.63) is 23.9 Å². The molecule has 13 heavy (non-hydrogen) atoms. The van der Waals surface area contributed by atoms with Gasteiger partial charge in [0.25, 0.3) is 0 Å². The monoisotopic (exact) mass is 176 g/mol. The molecule has 2 rings (SSSR count). The molecule has 5 nitrogen and oxygen atoms in total. The number of hydrogen-bond donors (Lipinski definition) is 1. The van der Waals surface area contributed by atoms with Crippen LogP contribution < -0.4 is 5.73 Å². The van der Waals surface area contributed by atoms with Gasteiger partial charge in [0.05, 0.1) is 0 Å². The topological polar surface area (TPSA) is 77.8 Å². The molecule has 0 saturated carbocycles. The second-order valence-electron chi connectivity index (χ2n) is 2.63. The summed E-state index contributed by atoms with van der Waals surface area (Å²) in [7, 11) is 0. The van der Waals surface area contributed by atoms with Gasteiger partial charge < -0.3 is 10.3 Å². The van der Waals surface area contributed by atoms with Gasteiger partial charge in [0.2, 0.25) is 5.82 Å². The van der Waals surface area contributed by atoms with Gasteiger partial charge in [-0.15, -0.1) is 0 Å². The summed E-state index contributed by atoms with van der Waals surface area (Å²) in [5, 5.41) is 3.67. The number of pyridine rings is 1. The minimum absolute atomic E-state index is 0.0556. The van der Waals surface area contributed by atoms with E-state index in [0.717, 1.165) is 5.56 Å². The highest BCUT2D eigenvalue weighted by Gasteiger charge is 2.08. The summed E-state index contributed by atoms with van der Waals surface area (Å²) < 4.78 is 4.65. The number of hydrogen-bond acceptors (Lipinski definition) is 5. The zero-order valence-electron chi connectivity index (χ0n) is 7.06. The van der Waals surface area contributed by atoms with Crippen LogP contribution in [0.2, 0.25) is 0 Å². The summed E-state index contributed by atoms with van der Waals surface area (Å²) in [5.74, 6) is 0.426. The summed E-state index contributed by atoms with van der Waals surface area (Å²) in [6.07, 6.45) is 1.68. The largest absolute Gasteiger partial charge is 0.351 e. The van der Waals surface area contributed by atoms with E-state index in [9.17, 15) is 0 Å². The molecule has 0 aliphatic carbocycles. The van der Waals surface area contributed by atoms with E-state index in [0.29, 0.717) is 11.5 Å². The zero-order chi connectivity index (χ0) is 9.26. The molecule has 0 bridgehead atoms. The van der Waals surface area contributed by atoms with E-state index < -0.39 is 0 Å². The van der Waals surface area contributed by atoms with E-state index in [2.05, 4.69) is 19.6 Å². The van der Waals surface area contributed by atoms with Crippen LogP contribution in [0.3, 0.4) is 0 Å². The lowest BCUT2D eigenvalue weighted by Crippen LogP contribution is -1.89. The molecule has 0 aromatic carbocycles. The molecular formula is C8H8N4O. The SMILES string of the molecule is Cc1cccnc1-c1noc(N)n1. The maximum atomic E-state index is 5.30. The van der Waals surface area contributed by atoms with Crippen LogP contribution in [0.5, 0.6) is 0 Å². The van der Waals surface area contributed by atoms with E-state index in [1.807, 2.05) is 19.1 Å². The lowest BCUT2D eigenvalue weighted by molar-refractivity contribution is 0.436. The molecule has 2 heterocycles. The molecule has 2 N–H and O–H groups in total. The van der Waals surface area contributed by atoms with E-state index in [4.69, 9.17) is 5.73 Å². The van der Waals surface area contributed by atoms with Gasteiger partial charge in [-0.05, 0) is 18.6 Å². The van der Waals surface area contributed by atoms with Crippen molar-refractivity contribution in [2.75, 3.05) is 5.73 Å². The van der Waals surface area contributed by atoms with E-state index in [1.165, 1.54) is 0 Å². The predicted octanol–water partition coefficient (Wildman–Crippen LogP) is 1.02. The molecule has 0 atom stereocenters. The molecule has 66 valence electrons. The highest BCUT2D eigenvalue weighted by Crippen LogP contribution is 2.16. The molecule has 0 aliphatic heterocycles. The molecule has 0 spiro atoms. The molecule has 2 aromatic rings. The van der Waals surface area contributed by atoms with Crippen molar-refractivity contribution in [2.24, 2.45) is 0 Å². The number of anilines is 1. The Bertz CT molecular complexity index is 424. The lowest BCUT2D eigenvalue weighted by atomic mass is 10.2. The van der Waals surface area contributed by atoms with Crippen molar-refractivity contribution in [3.8, 4) is 11.5 Å². The Kier molecular flexibility index (Phi) is 1.70. The van der Waals surface area contributed by atoms with Crippen LogP contribution in [0, 0.1) is 6.92 Å². The van der Waals surface area contributed by atoms with Crippen molar-refractivity contribution in [2.45, 2.75) is 6.92 Å². The third kappa shape index (κ3) is 1.35. The second-order valence-corrected chi connectivity index (χ2v) is 2.63. The number of aromatic nitrogens is 3. The first-order valence-corrected chi connectivity index (χ1v) is 3.78. The fraction of sp³-hybridized carbons (Fsp3) is 0.125. The first-order valence-electron chi connectivity index (χ1n) is 3.78. The van der Waals surface area contributed by atoms with Crippen LogP contribution in [0.15, 0.2) is 22.9 Å². The van der Waals surface area contributed by atoms with Gasteiger partial charge in [0.15, 0.2) is 0 Å². The van der Waals surface area contributed by atoms with Crippen LogP contribution in [-0.2, 0) is 0 Å². The third-order valence-electron chi connectivity index (χ3n) is 1.66. The summed E-state index contributed by atoms with van der Waals surface area (Å²) in [6, 6.07) is 3.83. The third-order valence-corrected chi connectivity index (χ3v) is 1.66. The van der Waals surface area contributed by atoms with Gasteiger partial charge in [-0.3, -0.25) is 4.98 Å². The van der Waals surface area contributed by atoms with Crippen molar-refractivity contribution in [1.82, 2.24) is 15.1 Å². The highest BCUT2D eigenvalue weighted by molar-refractivity contribution is 5.53. The average molecular weight is 176 g/mol. The van der Waals surface area contributed by atoms with Gasteiger partial charge in [-0.2, -0.15) is 4.98 Å². The Morgan fingerprint density at radius 3 is 2.92 bits per heavy atom. The number of nitrogen functional groups attached to an aromatic ring is 1. The fourth-order valence-electron chi connectivity index (χ4n) is 1.05. The molecule has 0 amide bonds. The van der Waals surface area contributed by atoms with E-state index in [-0.39, 0.29) is 6.01 Å². The molecule has 0 aliphatic rings. The summed E-state index contributed by atoms with van der Waals surface area (Å²) in [5.41, 5.74) is 6.98. The van der Waals surface area contributed by atoms with Crippen LogP contribution in [-0.4, -0.2) is 15.1 Å². The molecule has 0 saturated heterocycles.